The van der Waals surface area contributed by atoms with Crippen molar-refractivity contribution in [1.29, 1.82) is 0 Å². The van der Waals surface area contributed by atoms with Gasteiger partial charge in [-0.1, -0.05) is 19.0 Å². The maximum Gasteiger partial charge on any atom is 0.238 e. The molecule has 2 heterocycles. The van der Waals surface area contributed by atoms with Crippen molar-refractivity contribution >= 4 is 29.4 Å². The second-order valence-electron chi connectivity index (χ2n) is 6.51. The fourth-order valence-corrected chi connectivity index (χ4v) is 3.67. The highest BCUT2D eigenvalue weighted by molar-refractivity contribution is 8.01. The fraction of sp³-hybridized carbons (Fsp3) is 0.688. The zero-order valence-corrected chi connectivity index (χ0v) is 15.0. The Labute approximate surface area is 141 Å². The Kier molecular flexibility index (Phi) is 6.10. The molecule has 6 nitrogen and oxygen atoms in total. The Morgan fingerprint density at radius 3 is 2.65 bits per heavy atom. The molecule has 0 aliphatic carbocycles. The van der Waals surface area contributed by atoms with Gasteiger partial charge in [-0.2, -0.15) is 0 Å². The number of nitrogens with one attached hydrogen (secondary N) is 1. The number of anilines is 1. The van der Waals surface area contributed by atoms with Gasteiger partial charge in [-0.3, -0.25) is 9.59 Å². The van der Waals surface area contributed by atoms with Crippen molar-refractivity contribution in [2.75, 3.05) is 24.2 Å². The molecule has 3 atom stereocenters. The van der Waals surface area contributed by atoms with Crippen molar-refractivity contribution in [2.24, 2.45) is 11.8 Å². The summed E-state index contributed by atoms with van der Waals surface area (Å²) in [6, 6.07) is 1.66. The van der Waals surface area contributed by atoms with Crippen LogP contribution < -0.4 is 5.32 Å². The van der Waals surface area contributed by atoms with Crippen LogP contribution in [0.2, 0.25) is 0 Å². The number of hydrogen-bond acceptors (Lipinski definition) is 5. The molecule has 0 saturated carbocycles. The summed E-state index contributed by atoms with van der Waals surface area (Å²) in [4.78, 5) is 26.3. The maximum absolute atomic E-state index is 12.3. The lowest BCUT2D eigenvalue weighted by Crippen LogP contribution is -2.43. The SMILES string of the molecule is Cc1cc(NC(=O)[C@@H](C)SCC(=O)N2C[C@H](C)C[C@H](C)C2)no1. The molecule has 7 heteroatoms. The van der Waals surface area contributed by atoms with Crippen LogP contribution in [-0.2, 0) is 9.59 Å². The van der Waals surface area contributed by atoms with Crippen LogP contribution in [0.5, 0.6) is 0 Å². The number of aryl methyl sites for hydroxylation is 1. The predicted octanol–water partition coefficient (Wildman–Crippen LogP) is 2.55. The number of aromatic nitrogens is 1. The summed E-state index contributed by atoms with van der Waals surface area (Å²) in [7, 11) is 0. The smallest absolute Gasteiger partial charge is 0.238 e. The van der Waals surface area contributed by atoms with Crippen molar-refractivity contribution in [1.82, 2.24) is 10.1 Å². The van der Waals surface area contributed by atoms with E-state index in [1.165, 1.54) is 18.2 Å². The molecule has 23 heavy (non-hydrogen) atoms. The van der Waals surface area contributed by atoms with Crippen molar-refractivity contribution in [3.8, 4) is 0 Å². The van der Waals surface area contributed by atoms with Crippen LogP contribution in [0.25, 0.3) is 0 Å². The maximum atomic E-state index is 12.3. The van der Waals surface area contributed by atoms with E-state index in [0.717, 1.165) is 13.1 Å². The van der Waals surface area contributed by atoms with E-state index in [9.17, 15) is 9.59 Å². The number of amides is 2. The fourth-order valence-electron chi connectivity index (χ4n) is 2.88. The first-order valence-corrected chi connectivity index (χ1v) is 9.03. The van der Waals surface area contributed by atoms with Gasteiger partial charge in [0.1, 0.15) is 5.76 Å². The summed E-state index contributed by atoms with van der Waals surface area (Å²) in [5, 5.41) is 6.10. The highest BCUT2D eigenvalue weighted by Gasteiger charge is 2.26. The lowest BCUT2D eigenvalue weighted by molar-refractivity contribution is -0.130. The lowest BCUT2D eigenvalue weighted by Gasteiger charge is -2.35. The number of thioether (sulfide) groups is 1. The van der Waals surface area contributed by atoms with E-state index in [-0.39, 0.29) is 17.1 Å². The molecule has 1 saturated heterocycles. The summed E-state index contributed by atoms with van der Waals surface area (Å²) in [6.07, 6.45) is 1.17. The highest BCUT2D eigenvalue weighted by atomic mass is 32.2. The topological polar surface area (TPSA) is 75.4 Å². The van der Waals surface area contributed by atoms with Crippen LogP contribution >= 0.6 is 11.8 Å². The Bertz CT molecular complexity index is 551. The number of hydrogen-bond donors (Lipinski definition) is 1. The van der Waals surface area contributed by atoms with Gasteiger partial charge in [-0.15, -0.1) is 11.8 Å². The number of likely N-dealkylation sites (tertiary alicyclic amines) is 1. The minimum absolute atomic E-state index is 0.116. The Hall–Kier alpha value is -1.50. The molecule has 1 aliphatic heterocycles. The van der Waals surface area contributed by atoms with Gasteiger partial charge in [-0.05, 0) is 32.1 Å². The van der Waals surface area contributed by atoms with Gasteiger partial charge in [0.15, 0.2) is 5.82 Å². The van der Waals surface area contributed by atoms with Gasteiger partial charge < -0.3 is 14.7 Å². The quantitative estimate of drug-likeness (QED) is 0.892. The second kappa shape index (κ2) is 7.86. The van der Waals surface area contributed by atoms with Crippen molar-refractivity contribution in [2.45, 2.75) is 39.4 Å². The van der Waals surface area contributed by atoms with E-state index in [2.05, 4.69) is 24.3 Å². The summed E-state index contributed by atoms with van der Waals surface area (Å²) in [5.74, 6) is 2.41. The molecule has 0 aromatic carbocycles. The lowest BCUT2D eigenvalue weighted by atomic mass is 9.92. The Morgan fingerprint density at radius 1 is 1.43 bits per heavy atom. The van der Waals surface area contributed by atoms with Crippen molar-refractivity contribution in [3.05, 3.63) is 11.8 Å². The predicted molar refractivity (Wildman–Crippen MR) is 91.3 cm³/mol. The number of carbonyl (C=O) groups excluding carboxylic acids is 2. The first-order chi connectivity index (χ1) is 10.8. The van der Waals surface area contributed by atoms with E-state index in [1.54, 1.807) is 19.9 Å². The van der Waals surface area contributed by atoms with E-state index < -0.39 is 0 Å². The molecule has 1 N–H and O–H groups in total. The summed E-state index contributed by atoms with van der Waals surface area (Å²) in [6.45, 7) is 9.56. The third kappa shape index (κ3) is 5.27. The first kappa shape index (κ1) is 17.8. The molecule has 2 amide bonds. The molecule has 2 rings (SSSR count). The van der Waals surface area contributed by atoms with Crippen LogP contribution in [0.4, 0.5) is 5.82 Å². The largest absolute Gasteiger partial charge is 0.360 e. The molecule has 128 valence electrons. The van der Waals surface area contributed by atoms with Crippen molar-refractivity contribution in [3.63, 3.8) is 0 Å². The van der Waals surface area contributed by atoms with Crippen molar-refractivity contribution < 1.29 is 14.1 Å². The molecular formula is C16H25N3O3S. The van der Waals surface area contributed by atoms with Gasteiger partial charge in [0.25, 0.3) is 0 Å². The van der Waals surface area contributed by atoms with Gasteiger partial charge in [0.2, 0.25) is 11.8 Å². The van der Waals surface area contributed by atoms with Crippen LogP contribution in [-0.4, -0.2) is 46.0 Å². The Morgan fingerprint density at radius 2 is 2.09 bits per heavy atom. The average Bonchev–Trinajstić information content (AvgIpc) is 2.88. The Balaban J connectivity index is 1.77. The van der Waals surface area contributed by atoms with Gasteiger partial charge >= 0.3 is 0 Å². The summed E-state index contributed by atoms with van der Waals surface area (Å²) in [5.41, 5.74) is 0. The van der Waals surface area contributed by atoms with E-state index in [1.807, 2.05) is 4.90 Å². The molecule has 1 aliphatic rings. The molecule has 1 fully saturated rings. The number of carbonyl (C=O) groups is 2. The minimum atomic E-state index is -0.324. The molecule has 0 spiro atoms. The number of piperidine rings is 1. The third-order valence-electron chi connectivity index (χ3n) is 3.93. The third-order valence-corrected chi connectivity index (χ3v) is 5.05. The van der Waals surface area contributed by atoms with Crippen LogP contribution in [0.3, 0.4) is 0 Å². The average molecular weight is 339 g/mol. The zero-order valence-electron chi connectivity index (χ0n) is 14.2. The first-order valence-electron chi connectivity index (χ1n) is 7.98. The van der Waals surface area contributed by atoms with Gasteiger partial charge in [-0.25, -0.2) is 0 Å². The van der Waals surface area contributed by atoms with Crippen LogP contribution in [0.1, 0.15) is 33.0 Å². The van der Waals surface area contributed by atoms with E-state index >= 15 is 0 Å². The standard InChI is InChI=1S/C16H25N3O3S/c1-10-5-11(2)8-19(7-10)15(20)9-23-13(4)16(21)17-14-6-12(3)22-18-14/h6,10-11,13H,5,7-9H2,1-4H3,(H,17,18,21)/t10-,11+,13-/m1/s1. The van der Waals surface area contributed by atoms with E-state index in [4.69, 9.17) is 4.52 Å². The molecule has 0 radical (unpaired) electrons. The normalized spacial score (nSPS) is 22.7. The highest BCUT2D eigenvalue weighted by Crippen LogP contribution is 2.22. The zero-order chi connectivity index (χ0) is 17.0. The van der Waals surface area contributed by atoms with Crippen LogP contribution in [0, 0.1) is 18.8 Å². The molecule has 1 aromatic heterocycles. The second-order valence-corrected chi connectivity index (χ2v) is 7.84. The summed E-state index contributed by atoms with van der Waals surface area (Å²) < 4.78 is 4.91. The summed E-state index contributed by atoms with van der Waals surface area (Å²) >= 11 is 1.35. The molecule has 0 bridgehead atoms. The van der Waals surface area contributed by atoms with Crippen LogP contribution in [0.15, 0.2) is 10.6 Å². The van der Waals surface area contributed by atoms with Gasteiger partial charge in [0.05, 0.1) is 11.0 Å². The number of rotatable bonds is 5. The van der Waals surface area contributed by atoms with E-state index in [0.29, 0.717) is 29.2 Å². The monoisotopic (exact) mass is 339 g/mol. The van der Waals surface area contributed by atoms with Gasteiger partial charge in [0, 0.05) is 19.2 Å². The molecular weight excluding hydrogens is 314 g/mol. The number of nitrogens with zero attached hydrogens (tertiary/aromatic N) is 2. The molecule has 0 unspecified atom stereocenters. The molecule has 1 aromatic rings. The minimum Gasteiger partial charge on any atom is -0.360 e.